The Morgan fingerprint density at radius 3 is 3.20 bits per heavy atom. The Bertz CT molecular complexity index is 151. The van der Waals surface area contributed by atoms with Crippen LogP contribution in [-0.2, 0) is 14.3 Å². The van der Waals surface area contributed by atoms with Crippen LogP contribution in [-0.4, -0.2) is 25.3 Å². The highest BCUT2D eigenvalue weighted by Gasteiger charge is 2.11. The summed E-state index contributed by atoms with van der Waals surface area (Å²) in [6.07, 6.45) is 2.79. The van der Waals surface area contributed by atoms with Crippen LogP contribution in [0.15, 0.2) is 12.2 Å². The molecule has 1 aliphatic rings. The van der Waals surface area contributed by atoms with Crippen LogP contribution in [0.3, 0.4) is 0 Å². The van der Waals surface area contributed by atoms with E-state index in [0.717, 1.165) is 0 Å². The Morgan fingerprint density at radius 1 is 1.90 bits per heavy atom. The summed E-state index contributed by atoms with van der Waals surface area (Å²) in [4.78, 5) is 10.5. The minimum atomic E-state index is -0.317. The summed E-state index contributed by atoms with van der Waals surface area (Å²) < 4.78 is 10.0. The SMILES string of the molecule is CCOC1C=CC(=O)CO1. The van der Waals surface area contributed by atoms with Crippen LogP contribution in [0, 0.1) is 0 Å². The fraction of sp³-hybridized carbons (Fsp3) is 0.571. The minimum Gasteiger partial charge on any atom is -0.349 e. The van der Waals surface area contributed by atoms with Crippen LogP contribution < -0.4 is 0 Å². The first-order chi connectivity index (χ1) is 4.83. The Labute approximate surface area is 59.6 Å². The molecule has 0 amide bonds. The Morgan fingerprint density at radius 2 is 2.70 bits per heavy atom. The van der Waals surface area contributed by atoms with Crippen LogP contribution in [0.5, 0.6) is 0 Å². The largest absolute Gasteiger partial charge is 0.349 e. The van der Waals surface area contributed by atoms with Crippen LogP contribution in [0.2, 0.25) is 0 Å². The van der Waals surface area contributed by atoms with Crippen LogP contribution in [0.25, 0.3) is 0 Å². The van der Waals surface area contributed by atoms with E-state index in [-0.39, 0.29) is 18.7 Å². The summed E-state index contributed by atoms with van der Waals surface area (Å²) in [5.41, 5.74) is 0. The van der Waals surface area contributed by atoms with Gasteiger partial charge in [0.2, 0.25) is 0 Å². The first kappa shape index (κ1) is 7.44. The molecule has 0 radical (unpaired) electrons. The smallest absolute Gasteiger partial charge is 0.181 e. The molecule has 10 heavy (non-hydrogen) atoms. The summed E-state index contributed by atoms with van der Waals surface area (Å²) in [7, 11) is 0. The van der Waals surface area contributed by atoms with Gasteiger partial charge >= 0.3 is 0 Å². The lowest BCUT2D eigenvalue weighted by molar-refractivity contribution is -0.140. The lowest BCUT2D eigenvalue weighted by Crippen LogP contribution is -2.23. The molecule has 1 unspecified atom stereocenters. The molecule has 0 fully saturated rings. The molecule has 1 rings (SSSR count). The highest BCUT2D eigenvalue weighted by Crippen LogP contribution is 2.02. The molecule has 0 saturated heterocycles. The molecule has 0 aromatic heterocycles. The summed E-state index contributed by atoms with van der Waals surface area (Å²) in [5, 5.41) is 0. The van der Waals surface area contributed by atoms with Crippen molar-refractivity contribution in [2.45, 2.75) is 13.2 Å². The van der Waals surface area contributed by atoms with Gasteiger partial charge in [0.15, 0.2) is 12.1 Å². The van der Waals surface area contributed by atoms with E-state index >= 15 is 0 Å². The Balaban J connectivity index is 2.37. The number of carbonyl (C=O) groups excluding carboxylic acids is 1. The number of hydrogen-bond donors (Lipinski definition) is 0. The molecular formula is C7H10O3. The molecule has 1 atom stereocenters. The molecule has 1 aliphatic heterocycles. The lowest BCUT2D eigenvalue weighted by atomic mass is 10.3. The van der Waals surface area contributed by atoms with Crippen molar-refractivity contribution in [3.8, 4) is 0 Å². The number of ketones is 1. The molecule has 3 heteroatoms. The summed E-state index contributed by atoms with van der Waals surface area (Å²) in [5.74, 6) is -0.00375. The zero-order chi connectivity index (χ0) is 7.40. The summed E-state index contributed by atoms with van der Waals surface area (Å²) >= 11 is 0. The lowest BCUT2D eigenvalue weighted by Gasteiger charge is -2.15. The number of ether oxygens (including phenoxy) is 2. The second-order valence-corrected chi connectivity index (χ2v) is 1.96. The van der Waals surface area contributed by atoms with Crippen molar-refractivity contribution in [3.63, 3.8) is 0 Å². The van der Waals surface area contributed by atoms with Crippen molar-refractivity contribution in [1.29, 1.82) is 0 Å². The van der Waals surface area contributed by atoms with Gasteiger partial charge in [-0.25, -0.2) is 0 Å². The molecular weight excluding hydrogens is 132 g/mol. The first-order valence-electron chi connectivity index (χ1n) is 3.27. The van der Waals surface area contributed by atoms with Crippen molar-refractivity contribution in [1.82, 2.24) is 0 Å². The third kappa shape index (κ3) is 1.93. The van der Waals surface area contributed by atoms with Crippen LogP contribution >= 0.6 is 0 Å². The van der Waals surface area contributed by atoms with E-state index in [2.05, 4.69) is 0 Å². The van der Waals surface area contributed by atoms with Crippen molar-refractivity contribution in [2.24, 2.45) is 0 Å². The van der Waals surface area contributed by atoms with Crippen molar-refractivity contribution < 1.29 is 14.3 Å². The molecule has 1 heterocycles. The predicted molar refractivity (Wildman–Crippen MR) is 35.5 cm³/mol. The van der Waals surface area contributed by atoms with E-state index in [9.17, 15) is 4.79 Å². The zero-order valence-electron chi connectivity index (χ0n) is 5.87. The fourth-order valence-corrected chi connectivity index (χ4v) is 0.722. The average molecular weight is 142 g/mol. The number of hydrogen-bond acceptors (Lipinski definition) is 3. The standard InChI is InChI=1S/C7H10O3/c1-2-9-7-4-3-6(8)5-10-7/h3-4,7H,2,5H2,1H3. The average Bonchev–Trinajstić information content (AvgIpc) is 1.95. The molecule has 0 aromatic rings. The summed E-state index contributed by atoms with van der Waals surface area (Å²) in [6, 6.07) is 0. The normalized spacial score (nSPS) is 25.3. The highest BCUT2D eigenvalue weighted by molar-refractivity contribution is 5.91. The van der Waals surface area contributed by atoms with E-state index in [1.807, 2.05) is 6.92 Å². The number of rotatable bonds is 2. The van der Waals surface area contributed by atoms with Gasteiger partial charge in [0.1, 0.15) is 6.61 Å². The fourth-order valence-electron chi connectivity index (χ4n) is 0.722. The maximum Gasteiger partial charge on any atom is 0.181 e. The van der Waals surface area contributed by atoms with Crippen LogP contribution in [0.1, 0.15) is 6.92 Å². The third-order valence-corrected chi connectivity index (χ3v) is 1.16. The predicted octanol–water partition coefficient (Wildman–Crippen LogP) is 0.504. The van der Waals surface area contributed by atoms with Gasteiger partial charge in [0, 0.05) is 6.61 Å². The quantitative estimate of drug-likeness (QED) is 0.563. The van der Waals surface area contributed by atoms with E-state index in [4.69, 9.17) is 9.47 Å². The van der Waals surface area contributed by atoms with Crippen molar-refractivity contribution in [3.05, 3.63) is 12.2 Å². The summed E-state index contributed by atoms with van der Waals surface area (Å²) in [6.45, 7) is 2.62. The van der Waals surface area contributed by atoms with Gasteiger partial charge in [0.25, 0.3) is 0 Å². The minimum absolute atomic E-state index is 0.00375. The molecule has 3 nitrogen and oxygen atoms in total. The van der Waals surface area contributed by atoms with Gasteiger partial charge in [0.05, 0.1) is 0 Å². The zero-order valence-corrected chi connectivity index (χ0v) is 5.87. The molecule has 56 valence electrons. The van der Waals surface area contributed by atoms with E-state index < -0.39 is 0 Å². The van der Waals surface area contributed by atoms with E-state index in [1.54, 1.807) is 6.08 Å². The van der Waals surface area contributed by atoms with Gasteiger partial charge in [-0.05, 0) is 19.1 Å². The van der Waals surface area contributed by atoms with Gasteiger partial charge in [-0.2, -0.15) is 0 Å². The van der Waals surface area contributed by atoms with Gasteiger partial charge in [-0.1, -0.05) is 0 Å². The van der Waals surface area contributed by atoms with Crippen molar-refractivity contribution in [2.75, 3.05) is 13.2 Å². The van der Waals surface area contributed by atoms with Crippen LogP contribution in [0.4, 0.5) is 0 Å². The van der Waals surface area contributed by atoms with Crippen molar-refractivity contribution >= 4 is 5.78 Å². The van der Waals surface area contributed by atoms with E-state index in [1.165, 1.54) is 6.08 Å². The highest BCUT2D eigenvalue weighted by atomic mass is 16.7. The maximum absolute atomic E-state index is 10.5. The third-order valence-electron chi connectivity index (χ3n) is 1.16. The topological polar surface area (TPSA) is 35.5 Å². The number of carbonyl (C=O) groups is 1. The van der Waals surface area contributed by atoms with Gasteiger partial charge in [-0.15, -0.1) is 0 Å². The van der Waals surface area contributed by atoms with Gasteiger partial charge < -0.3 is 9.47 Å². The first-order valence-corrected chi connectivity index (χ1v) is 3.27. The molecule has 0 N–H and O–H groups in total. The second-order valence-electron chi connectivity index (χ2n) is 1.96. The maximum atomic E-state index is 10.5. The van der Waals surface area contributed by atoms with E-state index in [0.29, 0.717) is 6.61 Å². The molecule has 0 bridgehead atoms. The second kappa shape index (κ2) is 3.49. The molecule has 0 saturated carbocycles. The molecule has 0 spiro atoms. The molecule has 0 aliphatic carbocycles. The monoisotopic (exact) mass is 142 g/mol. The Hall–Kier alpha value is -0.670. The van der Waals surface area contributed by atoms with Gasteiger partial charge in [-0.3, -0.25) is 4.79 Å². The Kier molecular flexibility index (Phi) is 2.59. The molecule has 0 aromatic carbocycles.